The van der Waals surface area contributed by atoms with E-state index in [2.05, 4.69) is 13.8 Å². The Morgan fingerprint density at radius 1 is 1.25 bits per heavy atom. The molecule has 16 heavy (non-hydrogen) atoms. The summed E-state index contributed by atoms with van der Waals surface area (Å²) < 4.78 is 5.69. The van der Waals surface area contributed by atoms with Gasteiger partial charge in [-0.15, -0.1) is 0 Å². The number of carbonyl (C=O) groups is 1. The van der Waals surface area contributed by atoms with E-state index in [1.807, 2.05) is 13.8 Å². The van der Waals surface area contributed by atoms with Gasteiger partial charge in [0.1, 0.15) is 5.60 Å². The molecule has 1 aliphatic heterocycles. The molecule has 0 atom stereocenters. The van der Waals surface area contributed by atoms with Gasteiger partial charge in [-0.2, -0.15) is 0 Å². The van der Waals surface area contributed by atoms with Crippen LogP contribution in [0.3, 0.4) is 0 Å². The third kappa shape index (κ3) is 1.99. The third-order valence-electron chi connectivity index (χ3n) is 4.51. The highest BCUT2D eigenvalue weighted by Gasteiger charge is 2.52. The lowest BCUT2D eigenvalue weighted by atomic mass is 9.71. The number of carbonyl (C=O) groups excluding carboxylic acids is 1. The summed E-state index contributed by atoms with van der Waals surface area (Å²) in [6.45, 7) is 8.62. The van der Waals surface area contributed by atoms with Crippen LogP contribution in [0.1, 0.15) is 59.8 Å². The second-order valence-electron chi connectivity index (χ2n) is 6.71. The predicted octanol–water partition coefficient (Wildman–Crippen LogP) is 3.54. The van der Waals surface area contributed by atoms with Gasteiger partial charge in [0.2, 0.25) is 0 Å². The molecule has 0 unspecified atom stereocenters. The second kappa shape index (κ2) is 3.75. The molecule has 1 aliphatic carbocycles. The van der Waals surface area contributed by atoms with Gasteiger partial charge in [0.25, 0.3) is 0 Å². The van der Waals surface area contributed by atoms with Gasteiger partial charge in [-0.05, 0) is 51.4 Å². The molecule has 0 amide bonds. The summed E-state index contributed by atoms with van der Waals surface area (Å²) in [4.78, 5) is 11.8. The molecule has 2 nitrogen and oxygen atoms in total. The lowest BCUT2D eigenvalue weighted by Crippen LogP contribution is -2.35. The zero-order valence-corrected chi connectivity index (χ0v) is 11.0. The molecule has 2 rings (SSSR count). The smallest absolute Gasteiger partial charge is 0.312 e. The van der Waals surface area contributed by atoms with Crippen LogP contribution in [0, 0.1) is 17.3 Å². The van der Waals surface area contributed by atoms with Crippen molar-refractivity contribution in [3.8, 4) is 0 Å². The van der Waals surface area contributed by atoms with Crippen molar-refractivity contribution in [2.75, 3.05) is 0 Å². The summed E-state index contributed by atoms with van der Waals surface area (Å²) in [5, 5.41) is 0. The molecule has 1 spiro atoms. The van der Waals surface area contributed by atoms with E-state index in [1.54, 1.807) is 0 Å². The molecular formula is C14H24O2. The number of rotatable bonds is 1. The Morgan fingerprint density at radius 3 is 2.19 bits per heavy atom. The quantitative estimate of drug-likeness (QED) is 0.637. The average molecular weight is 224 g/mol. The number of hydrogen-bond acceptors (Lipinski definition) is 2. The fourth-order valence-electron chi connectivity index (χ4n) is 3.36. The van der Waals surface area contributed by atoms with Crippen LogP contribution in [0.25, 0.3) is 0 Å². The fourth-order valence-corrected chi connectivity index (χ4v) is 3.36. The molecule has 0 aromatic heterocycles. The van der Waals surface area contributed by atoms with Crippen molar-refractivity contribution in [3.63, 3.8) is 0 Å². The van der Waals surface area contributed by atoms with E-state index in [0.29, 0.717) is 0 Å². The fraction of sp³-hybridized carbons (Fsp3) is 0.929. The van der Waals surface area contributed by atoms with Crippen molar-refractivity contribution in [2.24, 2.45) is 17.3 Å². The zero-order chi connectivity index (χ0) is 12.0. The molecule has 0 aromatic carbocycles. The minimum absolute atomic E-state index is 0.00972. The Kier molecular flexibility index (Phi) is 2.80. The van der Waals surface area contributed by atoms with Crippen LogP contribution < -0.4 is 0 Å². The first-order valence-corrected chi connectivity index (χ1v) is 6.58. The summed E-state index contributed by atoms with van der Waals surface area (Å²) in [5.41, 5.74) is -0.364. The second-order valence-corrected chi connectivity index (χ2v) is 6.71. The zero-order valence-electron chi connectivity index (χ0n) is 11.0. The van der Waals surface area contributed by atoms with Crippen LogP contribution in [-0.4, -0.2) is 11.6 Å². The van der Waals surface area contributed by atoms with Gasteiger partial charge in [0.15, 0.2) is 0 Å². The minimum Gasteiger partial charge on any atom is -0.459 e. The van der Waals surface area contributed by atoms with Gasteiger partial charge in [0.05, 0.1) is 5.41 Å². The maximum atomic E-state index is 11.8. The molecule has 1 saturated heterocycles. The average Bonchev–Trinajstić information content (AvgIpc) is 2.37. The van der Waals surface area contributed by atoms with Crippen LogP contribution in [0.2, 0.25) is 0 Å². The Morgan fingerprint density at radius 2 is 1.81 bits per heavy atom. The van der Waals surface area contributed by atoms with E-state index in [9.17, 15) is 4.79 Å². The van der Waals surface area contributed by atoms with Gasteiger partial charge in [-0.3, -0.25) is 4.79 Å². The van der Waals surface area contributed by atoms with E-state index < -0.39 is 0 Å². The van der Waals surface area contributed by atoms with E-state index in [4.69, 9.17) is 4.74 Å². The minimum atomic E-state index is -0.259. The van der Waals surface area contributed by atoms with Crippen molar-refractivity contribution in [3.05, 3.63) is 0 Å². The van der Waals surface area contributed by atoms with Crippen LogP contribution >= 0.6 is 0 Å². The number of esters is 1. The van der Waals surface area contributed by atoms with E-state index in [1.165, 1.54) is 12.8 Å². The topological polar surface area (TPSA) is 26.3 Å². The maximum Gasteiger partial charge on any atom is 0.312 e. The molecule has 2 fully saturated rings. The summed E-state index contributed by atoms with van der Waals surface area (Å²) in [6, 6.07) is 0. The van der Waals surface area contributed by atoms with Gasteiger partial charge in [-0.1, -0.05) is 13.8 Å². The summed E-state index contributed by atoms with van der Waals surface area (Å²) in [7, 11) is 0. The molecule has 92 valence electrons. The Labute approximate surface area is 98.7 Å². The van der Waals surface area contributed by atoms with Gasteiger partial charge >= 0.3 is 5.97 Å². The largest absolute Gasteiger partial charge is 0.459 e. The van der Waals surface area contributed by atoms with Gasteiger partial charge < -0.3 is 4.74 Å². The van der Waals surface area contributed by atoms with Crippen molar-refractivity contribution in [1.29, 1.82) is 0 Å². The van der Waals surface area contributed by atoms with E-state index in [-0.39, 0.29) is 17.0 Å². The van der Waals surface area contributed by atoms with Crippen molar-refractivity contribution >= 4 is 5.97 Å². The SMILES string of the molecule is CC(C)[C@H]1CC[C@]2(CC1)CC(C)(C)C(=O)O2. The third-order valence-corrected chi connectivity index (χ3v) is 4.51. The molecule has 2 heteroatoms. The van der Waals surface area contributed by atoms with Crippen molar-refractivity contribution < 1.29 is 9.53 Å². The van der Waals surface area contributed by atoms with E-state index in [0.717, 1.165) is 31.1 Å². The highest BCUT2D eigenvalue weighted by atomic mass is 16.6. The van der Waals surface area contributed by atoms with Gasteiger partial charge in [0, 0.05) is 6.42 Å². The van der Waals surface area contributed by atoms with Gasteiger partial charge in [-0.25, -0.2) is 0 Å². The Bertz CT molecular complexity index is 283. The standard InChI is InChI=1S/C14H24O2/c1-10(2)11-5-7-14(8-6-11)9-13(3,4)12(15)16-14/h10-11H,5-9H2,1-4H3/t11-,14-. The lowest BCUT2D eigenvalue weighted by Gasteiger charge is -2.37. The normalized spacial score (nSPS) is 38.1. The molecule has 2 aliphatic rings. The highest BCUT2D eigenvalue weighted by molar-refractivity contribution is 5.78. The summed E-state index contributed by atoms with van der Waals surface area (Å²) >= 11 is 0. The molecule has 1 heterocycles. The monoisotopic (exact) mass is 224 g/mol. The van der Waals surface area contributed by atoms with Crippen LogP contribution in [0.15, 0.2) is 0 Å². The van der Waals surface area contributed by atoms with Crippen molar-refractivity contribution in [1.82, 2.24) is 0 Å². The van der Waals surface area contributed by atoms with Crippen LogP contribution in [-0.2, 0) is 9.53 Å². The first kappa shape index (κ1) is 11.9. The summed E-state index contributed by atoms with van der Waals surface area (Å²) in [5.74, 6) is 1.60. The van der Waals surface area contributed by atoms with Crippen molar-refractivity contribution in [2.45, 2.75) is 65.4 Å². The Balaban J connectivity index is 2.01. The number of ether oxygens (including phenoxy) is 1. The first-order chi connectivity index (χ1) is 7.35. The van der Waals surface area contributed by atoms with Crippen LogP contribution in [0.4, 0.5) is 0 Å². The molecule has 0 aromatic rings. The van der Waals surface area contributed by atoms with Crippen LogP contribution in [0.5, 0.6) is 0 Å². The lowest BCUT2D eigenvalue weighted by molar-refractivity contribution is -0.155. The molecule has 1 saturated carbocycles. The molecule has 0 N–H and O–H groups in total. The first-order valence-electron chi connectivity index (χ1n) is 6.58. The predicted molar refractivity (Wildman–Crippen MR) is 64.0 cm³/mol. The summed E-state index contributed by atoms with van der Waals surface area (Å²) in [6.07, 6.45) is 5.52. The molecule has 0 radical (unpaired) electrons. The maximum absolute atomic E-state index is 11.8. The Hall–Kier alpha value is -0.530. The van der Waals surface area contributed by atoms with E-state index >= 15 is 0 Å². The number of hydrogen-bond donors (Lipinski definition) is 0. The molecular weight excluding hydrogens is 200 g/mol. The molecule has 0 bridgehead atoms. The highest BCUT2D eigenvalue weighted by Crippen LogP contribution is 2.49.